The summed E-state index contributed by atoms with van der Waals surface area (Å²) < 4.78 is 51.3. The van der Waals surface area contributed by atoms with Gasteiger partial charge in [0, 0.05) is 0 Å². The Morgan fingerprint density at radius 3 is 2.50 bits per heavy atom. The van der Waals surface area contributed by atoms with Crippen LogP contribution in [-0.2, 0) is 15.7 Å². The number of amides is 1. The lowest BCUT2D eigenvalue weighted by Gasteiger charge is -2.15. The third kappa shape index (κ3) is 5.38. The van der Waals surface area contributed by atoms with E-state index in [1.807, 2.05) is 0 Å². The Kier molecular flexibility index (Phi) is 7.04. The fraction of sp³-hybridized carbons (Fsp3) is 0.190. The van der Waals surface area contributed by atoms with E-state index >= 15 is 0 Å². The van der Waals surface area contributed by atoms with Crippen molar-refractivity contribution >= 4 is 29.2 Å². The molecule has 0 aliphatic heterocycles. The van der Waals surface area contributed by atoms with Crippen LogP contribution in [0.5, 0.6) is 5.75 Å². The Morgan fingerprint density at radius 2 is 1.84 bits per heavy atom. The molecular weight excluding hydrogens is 451 g/mol. The van der Waals surface area contributed by atoms with Crippen molar-refractivity contribution in [1.29, 1.82) is 0 Å². The topological polar surface area (TPSA) is 82.4 Å². The molecule has 0 aliphatic carbocycles. The molecule has 32 heavy (non-hydrogen) atoms. The fourth-order valence-corrected chi connectivity index (χ4v) is 2.95. The van der Waals surface area contributed by atoms with E-state index in [-0.39, 0.29) is 23.1 Å². The minimum atomic E-state index is -4.72. The number of halogens is 4. The molecule has 1 heterocycles. The number of para-hydroxylation sites is 2. The number of esters is 1. The SMILES string of the molecule is CCOC(=O)c1nn(-c2ccccc2)cc1OCC(=O)Nc1c(Cl)cccc1C(F)(F)F. The van der Waals surface area contributed by atoms with Gasteiger partial charge in [-0.1, -0.05) is 35.9 Å². The summed E-state index contributed by atoms with van der Waals surface area (Å²) in [5.74, 6) is -1.76. The second-order valence-corrected chi connectivity index (χ2v) is 6.75. The Labute approximate surface area is 185 Å². The van der Waals surface area contributed by atoms with Crippen LogP contribution in [-0.4, -0.2) is 34.9 Å². The van der Waals surface area contributed by atoms with Gasteiger partial charge in [-0.3, -0.25) is 4.79 Å². The van der Waals surface area contributed by atoms with Crippen LogP contribution < -0.4 is 10.1 Å². The Morgan fingerprint density at radius 1 is 1.12 bits per heavy atom. The van der Waals surface area contributed by atoms with E-state index < -0.39 is 35.9 Å². The predicted molar refractivity (Wildman–Crippen MR) is 110 cm³/mol. The molecule has 2 aromatic carbocycles. The third-order valence-corrected chi connectivity index (χ3v) is 4.43. The van der Waals surface area contributed by atoms with Gasteiger partial charge in [0.1, 0.15) is 0 Å². The lowest BCUT2D eigenvalue weighted by atomic mass is 10.1. The first-order valence-electron chi connectivity index (χ1n) is 9.31. The molecule has 11 heteroatoms. The van der Waals surface area contributed by atoms with Crippen molar-refractivity contribution in [2.75, 3.05) is 18.5 Å². The smallest absolute Gasteiger partial charge is 0.418 e. The molecule has 0 atom stereocenters. The highest BCUT2D eigenvalue weighted by Gasteiger charge is 2.35. The summed E-state index contributed by atoms with van der Waals surface area (Å²) in [7, 11) is 0. The number of alkyl halides is 3. The van der Waals surface area contributed by atoms with Gasteiger partial charge < -0.3 is 14.8 Å². The number of nitrogens with one attached hydrogen (secondary N) is 1. The normalized spacial score (nSPS) is 11.2. The van der Waals surface area contributed by atoms with Crippen molar-refractivity contribution in [3.63, 3.8) is 0 Å². The van der Waals surface area contributed by atoms with Crippen molar-refractivity contribution < 1.29 is 32.2 Å². The summed E-state index contributed by atoms with van der Waals surface area (Å²) in [5, 5.41) is 5.97. The van der Waals surface area contributed by atoms with E-state index in [0.717, 1.165) is 12.1 Å². The van der Waals surface area contributed by atoms with E-state index in [0.29, 0.717) is 5.69 Å². The third-order valence-electron chi connectivity index (χ3n) is 4.11. The number of nitrogens with zero attached hydrogens (tertiary/aromatic N) is 2. The van der Waals surface area contributed by atoms with E-state index in [2.05, 4.69) is 10.4 Å². The highest BCUT2D eigenvalue weighted by atomic mass is 35.5. The van der Waals surface area contributed by atoms with Crippen LogP contribution in [0.3, 0.4) is 0 Å². The minimum Gasteiger partial charge on any atom is -0.480 e. The van der Waals surface area contributed by atoms with Crippen molar-refractivity contribution in [3.05, 3.63) is 71.0 Å². The number of hydrogen-bond donors (Lipinski definition) is 1. The second kappa shape index (κ2) is 9.73. The molecule has 7 nitrogen and oxygen atoms in total. The number of hydrogen-bond acceptors (Lipinski definition) is 5. The number of rotatable bonds is 7. The molecule has 0 saturated heterocycles. The van der Waals surface area contributed by atoms with Gasteiger partial charge in [0.25, 0.3) is 5.91 Å². The molecule has 0 unspecified atom stereocenters. The Bertz CT molecular complexity index is 1120. The van der Waals surface area contributed by atoms with Crippen LogP contribution in [0.4, 0.5) is 18.9 Å². The van der Waals surface area contributed by atoms with Crippen LogP contribution in [0.1, 0.15) is 23.0 Å². The molecular formula is C21H17ClF3N3O4. The number of carbonyl (C=O) groups is 2. The summed E-state index contributed by atoms with van der Waals surface area (Å²) in [5.41, 5.74) is -1.25. The lowest BCUT2D eigenvalue weighted by molar-refractivity contribution is -0.137. The van der Waals surface area contributed by atoms with Crippen molar-refractivity contribution in [2.45, 2.75) is 13.1 Å². The van der Waals surface area contributed by atoms with Gasteiger partial charge in [-0.15, -0.1) is 0 Å². The summed E-state index contributed by atoms with van der Waals surface area (Å²) in [6, 6.07) is 11.9. The number of anilines is 1. The molecule has 0 spiro atoms. The van der Waals surface area contributed by atoms with Gasteiger partial charge in [0.05, 0.1) is 34.8 Å². The van der Waals surface area contributed by atoms with Crippen molar-refractivity contribution in [3.8, 4) is 11.4 Å². The average Bonchev–Trinajstić information content (AvgIpc) is 3.18. The highest BCUT2D eigenvalue weighted by molar-refractivity contribution is 6.34. The van der Waals surface area contributed by atoms with Crippen LogP contribution in [0.2, 0.25) is 5.02 Å². The van der Waals surface area contributed by atoms with Gasteiger partial charge in [-0.25, -0.2) is 9.48 Å². The molecule has 3 rings (SSSR count). The maximum absolute atomic E-state index is 13.2. The van der Waals surface area contributed by atoms with Crippen molar-refractivity contribution in [1.82, 2.24) is 9.78 Å². The van der Waals surface area contributed by atoms with Crippen LogP contribution in [0.15, 0.2) is 54.7 Å². The fourth-order valence-electron chi connectivity index (χ4n) is 2.72. The molecule has 0 saturated carbocycles. The molecule has 1 aromatic heterocycles. The van der Waals surface area contributed by atoms with Crippen molar-refractivity contribution in [2.24, 2.45) is 0 Å². The number of aromatic nitrogens is 2. The minimum absolute atomic E-state index is 0.0716. The van der Waals surface area contributed by atoms with E-state index in [1.165, 1.54) is 16.9 Å². The second-order valence-electron chi connectivity index (χ2n) is 6.34. The van der Waals surface area contributed by atoms with Crippen LogP contribution in [0.25, 0.3) is 5.69 Å². The largest absolute Gasteiger partial charge is 0.480 e. The molecule has 0 aliphatic rings. The summed E-state index contributed by atoms with van der Waals surface area (Å²) in [6.07, 6.45) is -3.35. The maximum Gasteiger partial charge on any atom is 0.418 e. The molecule has 168 valence electrons. The van der Waals surface area contributed by atoms with E-state index in [1.54, 1.807) is 37.3 Å². The average molecular weight is 468 g/mol. The first kappa shape index (κ1) is 23.1. The zero-order valence-corrected chi connectivity index (χ0v) is 17.4. The molecule has 0 bridgehead atoms. The molecule has 3 aromatic rings. The van der Waals surface area contributed by atoms with Gasteiger partial charge in [-0.2, -0.15) is 18.3 Å². The van der Waals surface area contributed by atoms with Gasteiger partial charge in [0.2, 0.25) is 5.69 Å². The Balaban J connectivity index is 1.80. The maximum atomic E-state index is 13.2. The summed E-state index contributed by atoms with van der Waals surface area (Å²) in [6.45, 7) is 1.00. The highest BCUT2D eigenvalue weighted by Crippen LogP contribution is 2.38. The zero-order valence-electron chi connectivity index (χ0n) is 16.6. The monoisotopic (exact) mass is 467 g/mol. The van der Waals surface area contributed by atoms with Gasteiger partial charge >= 0.3 is 12.1 Å². The molecule has 0 radical (unpaired) electrons. The van der Waals surface area contributed by atoms with Gasteiger partial charge in [0.15, 0.2) is 12.4 Å². The van der Waals surface area contributed by atoms with E-state index in [4.69, 9.17) is 21.1 Å². The van der Waals surface area contributed by atoms with E-state index in [9.17, 15) is 22.8 Å². The van der Waals surface area contributed by atoms with Crippen LogP contribution in [0, 0.1) is 0 Å². The lowest BCUT2D eigenvalue weighted by Crippen LogP contribution is -2.23. The summed E-state index contributed by atoms with van der Waals surface area (Å²) >= 11 is 5.84. The summed E-state index contributed by atoms with van der Waals surface area (Å²) in [4.78, 5) is 24.5. The zero-order chi connectivity index (χ0) is 23.3. The number of ether oxygens (including phenoxy) is 2. The van der Waals surface area contributed by atoms with Crippen LogP contribution >= 0.6 is 11.6 Å². The number of carbonyl (C=O) groups excluding carboxylic acids is 2. The first-order chi connectivity index (χ1) is 15.2. The quantitative estimate of drug-likeness (QED) is 0.508. The first-order valence-corrected chi connectivity index (χ1v) is 9.69. The number of benzene rings is 2. The molecule has 1 amide bonds. The molecule has 0 fully saturated rings. The predicted octanol–water partition coefficient (Wildman–Crippen LogP) is 4.74. The van der Waals surface area contributed by atoms with Gasteiger partial charge in [-0.05, 0) is 31.2 Å². The Hall–Kier alpha value is -3.53. The molecule has 1 N–H and O–H groups in total. The standard InChI is InChI=1S/C21H17ClF3N3O4/c1-2-31-20(30)19-16(11-28(27-19)13-7-4-3-5-8-13)32-12-17(29)26-18-14(21(23,24)25)9-6-10-15(18)22/h3-11H,2,12H2,1H3,(H,26,29).